The van der Waals surface area contributed by atoms with Crippen molar-refractivity contribution >= 4 is 27.5 Å². The van der Waals surface area contributed by atoms with Gasteiger partial charge >= 0.3 is 0 Å². The van der Waals surface area contributed by atoms with Crippen LogP contribution in [-0.2, 0) is 0 Å². The lowest BCUT2D eigenvalue weighted by Crippen LogP contribution is -2.25. The Bertz CT molecular complexity index is 517. The molecule has 1 aliphatic rings. The van der Waals surface area contributed by atoms with Crippen LogP contribution < -0.4 is 0 Å². The number of hydrogen-bond acceptors (Lipinski definition) is 2. The average molecular weight is 320 g/mol. The summed E-state index contributed by atoms with van der Waals surface area (Å²) < 4.78 is 0.919. The zero-order valence-corrected chi connectivity index (χ0v) is 12.8. The first-order chi connectivity index (χ1) is 9.24. The summed E-state index contributed by atoms with van der Waals surface area (Å²) in [6.45, 7) is 4.38. The van der Waals surface area contributed by atoms with Crippen molar-refractivity contribution in [2.45, 2.75) is 32.6 Å². The summed E-state index contributed by atoms with van der Waals surface area (Å²) in [6.07, 6.45) is 4.58. The van der Waals surface area contributed by atoms with Gasteiger partial charge in [0.2, 0.25) is 0 Å². The molecule has 0 amide bonds. The summed E-state index contributed by atoms with van der Waals surface area (Å²) in [5.74, 6) is 1.13. The Morgan fingerprint density at radius 1 is 1.47 bits per heavy atom. The summed E-state index contributed by atoms with van der Waals surface area (Å²) in [4.78, 5) is 7.06. The SMILES string of the molecule is CCCCN1CCCC1=Nc1ccc(Br)cc1C#N. The molecule has 1 saturated heterocycles. The van der Waals surface area contributed by atoms with E-state index in [1.165, 1.54) is 19.3 Å². The molecule has 0 bridgehead atoms. The number of amidine groups is 1. The number of nitriles is 1. The van der Waals surface area contributed by atoms with Crippen LogP contribution in [0.3, 0.4) is 0 Å². The van der Waals surface area contributed by atoms with Crippen LogP contribution in [0.5, 0.6) is 0 Å². The molecular weight excluding hydrogens is 302 g/mol. The van der Waals surface area contributed by atoms with Gasteiger partial charge in [-0.1, -0.05) is 29.3 Å². The van der Waals surface area contributed by atoms with Crippen molar-refractivity contribution in [3.8, 4) is 6.07 Å². The van der Waals surface area contributed by atoms with E-state index in [2.05, 4.69) is 33.8 Å². The molecule has 0 unspecified atom stereocenters. The lowest BCUT2D eigenvalue weighted by atomic mass is 10.2. The van der Waals surface area contributed by atoms with E-state index in [1.807, 2.05) is 18.2 Å². The molecule has 1 aromatic rings. The molecule has 3 nitrogen and oxygen atoms in total. The van der Waals surface area contributed by atoms with E-state index >= 15 is 0 Å². The van der Waals surface area contributed by atoms with Crippen LogP contribution in [0.25, 0.3) is 0 Å². The number of halogens is 1. The van der Waals surface area contributed by atoms with Crippen LogP contribution >= 0.6 is 15.9 Å². The van der Waals surface area contributed by atoms with Gasteiger partial charge < -0.3 is 4.90 Å². The Balaban J connectivity index is 2.22. The summed E-state index contributed by atoms with van der Waals surface area (Å²) >= 11 is 3.39. The number of likely N-dealkylation sites (tertiary alicyclic amines) is 1. The zero-order valence-electron chi connectivity index (χ0n) is 11.2. The van der Waals surface area contributed by atoms with Crippen LogP contribution in [-0.4, -0.2) is 23.8 Å². The smallest absolute Gasteiger partial charge is 0.105 e. The molecule has 0 spiro atoms. The Labute approximate surface area is 123 Å². The lowest BCUT2D eigenvalue weighted by Gasteiger charge is -2.18. The van der Waals surface area contributed by atoms with Gasteiger partial charge in [-0.3, -0.25) is 0 Å². The van der Waals surface area contributed by atoms with Gasteiger partial charge in [-0.05, 0) is 31.0 Å². The summed E-state index contributed by atoms with van der Waals surface area (Å²) in [5.41, 5.74) is 1.41. The third kappa shape index (κ3) is 3.57. The fourth-order valence-corrected chi connectivity index (χ4v) is 2.63. The second kappa shape index (κ2) is 6.72. The summed E-state index contributed by atoms with van der Waals surface area (Å²) in [5, 5.41) is 9.17. The molecule has 1 aliphatic heterocycles. The van der Waals surface area contributed by atoms with Gasteiger partial charge in [-0.15, -0.1) is 0 Å². The topological polar surface area (TPSA) is 39.4 Å². The van der Waals surface area contributed by atoms with Crippen molar-refractivity contribution in [2.24, 2.45) is 4.99 Å². The number of hydrogen-bond donors (Lipinski definition) is 0. The monoisotopic (exact) mass is 319 g/mol. The molecule has 100 valence electrons. The number of rotatable bonds is 4. The second-order valence-electron chi connectivity index (χ2n) is 4.75. The summed E-state index contributed by atoms with van der Waals surface area (Å²) in [7, 11) is 0. The highest BCUT2D eigenvalue weighted by molar-refractivity contribution is 9.10. The van der Waals surface area contributed by atoms with Gasteiger partial charge in [-0.25, -0.2) is 4.99 Å². The minimum Gasteiger partial charge on any atom is -0.360 e. The van der Waals surface area contributed by atoms with Crippen molar-refractivity contribution < 1.29 is 0 Å². The number of nitrogens with zero attached hydrogens (tertiary/aromatic N) is 3. The van der Waals surface area contributed by atoms with Gasteiger partial charge in [0.25, 0.3) is 0 Å². The highest BCUT2D eigenvalue weighted by atomic mass is 79.9. The largest absolute Gasteiger partial charge is 0.360 e. The van der Waals surface area contributed by atoms with Crippen LogP contribution in [0, 0.1) is 11.3 Å². The predicted octanol–water partition coefficient (Wildman–Crippen LogP) is 4.25. The maximum atomic E-state index is 9.17. The van der Waals surface area contributed by atoms with E-state index in [0.717, 1.165) is 35.5 Å². The van der Waals surface area contributed by atoms with Gasteiger partial charge in [0, 0.05) is 24.0 Å². The second-order valence-corrected chi connectivity index (χ2v) is 5.66. The Morgan fingerprint density at radius 2 is 2.32 bits per heavy atom. The quantitative estimate of drug-likeness (QED) is 0.832. The van der Waals surface area contributed by atoms with Crippen LogP contribution in [0.15, 0.2) is 27.7 Å². The zero-order chi connectivity index (χ0) is 13.7. The molecule has 0 aliphatic carbocycles. The molecule has 0 N–H and O–H groups in total. The highest BCUT2D eigenvalue weighted by Crippen LogP contribution is 2.25. The molecule has 0 saturated carbocycles. The first kappa shape index (κ1) is 14.1. The van der Waals surface area contributed by atoms with Gasteiger partial charge in [0.15, 0.2) is 0 Å². The van der Waals surface area contributed by atoms with Crippen molar-refractivity contribution in [1.82, 2.24) is 4.90 Å². The van der Waals surface area contributed by atoms with Crippen LogP contribution in [0.4, 0.5) is 5.69 Å². The van der Waals surface area contributed by atoms with E-state index in [1.54, 1.807) is 0 Å². The third-order valence-electron chi connectivity index (χ3n) is 3.30. The van der Waals surface area contributed by atoms with Gasteiger partial charge in [0.05, 0.1) is 11.3 Å². The Morgan fingerprint density at radius 3 is 3.05 bits per heavy atom. The fraction of sp³-hybridized carbons (Fsp3) is 0.467. The first-order valence-electron chi connectivity index (χ1n) is 6.76. The fourth-order valence-electron chi connectivity index (χ4n) is 2.27. The molecular formula is C15H18BrN3. The molecule has 0 atom stereocenters. The minimum atomic E-state index is 0.629. The highest BCUT2D eigenvalue weighted by Gasteiger charge is 2.18. The maximum absolute atomic E-state index is 9.17. The normalized spacial score (nSPS) is 16.9. The Kier molecular flexibility index (Phi) is 4.98. The first-order valence-corrected chi connectivity index (χ1v) is 7.56. The maximum Gasteiger partial charge on any atom is 0.105 e. The van der Waals surface area contributed by atoms with Gasteiger partial charge in [-0.2, -0.15) is 5.26 Å². The molecule has 19 heavy (non-hydrogen) atoms. The molecule has 1 fully saturated rings. The van der Waals surface area contributed by atoms with Gasteiger partial charge in [0.1, 0.15) is 11.9 Å². The predicted molar refractivity (Wildman–Crippen MR) is 81.7 cm³/mol. The van der Waals surface area contributed by atoms with E-state index in [0.29, 0.717) is 5.56 Å². The van der Waals surface area contributed by atoms with Crippen molar-refractivity contribution in [3.63, 3.8) is 0 Å². The third-order valence-corrected chi connectivity index (χ3v) is 3.80. The molecule has 4 heteroatoms. The van der Waals surface area contributed by atoms with Crippen LogP contribution in [0.1, 0.15) is 38.2 Å². The van der Waals surface area contributed by atoms with E-state index in [4.69, 9.17) is 4.99 Å². The van der Waals surface area contributed by atoms with Crippen molar-refractivity contribution in [2.75, 3.05) is 13.1 Å². The number of aliphatic imine (C=N–C) groups is 1. The van der Waals surface area contributed by atoms with Crippen molar-refractivity contribution in [3.05, 3.63) is 28.2 Å². The molecule has 2 rings (SSSR count). The minimum absolute atomic E-state index is 0.629. The van der Waals surface area contributed by atoms with Crippen molar-refractivity contribution in [1.29, 1.82) is 5.26 Å². The van der Waals surface area contributed by atoms with Crippen LogP contribution in [0.2, 0.25) is 0 Å². The molecule has 0 radical (unpaired) electrons. The van der Waals surface area contributed by atoms with E-state index in [9.17, 15) is 5.26 Å². The standard InChI is InChI=1S/C15H18BrN3/c1-2-3-8-19-9-4-5-15(19)18-14-7-6-13(16)10-12(14)11-17/h6-7,10H,2-5,8-9H2,1H3. The van der Waals surface area contributed by atoms with E-state index < -0.39 is 0 Å². The summed E-state index contributed by atoms with van der Waals surface area (Å²) in [6, 6.07) is 7.88. The molecule has 0 aromatic heterocycles. The number of benzene rings is 1. The Hall–Kier alpha value is -1.34. The van der Waals surface area contributed by atoms with E-state index in [-0.39, 0.29) is 0 Å². The number of unbranched alkanes of at least 4 members (excludes halogenated alkanes) is 1. The lowest BCUT2D eigenvalue weighted by molar-refractivity contribution is 0.440. The average Bonchev–Trinajstić information content (AvgIpc) is 2.85. The molecule has 1 aromatic carbocycles. The molecule has 1 heterocycles.